The molecule has 0 spiro atoms. The van der Waals surface area contributed by atoms with Crippen LogP contribution in [-0.4, -0.2) is 78.8 Å². The normalized spacial score (nSPS) is 32.1. The van der Waals surface area contributed by atoms with Crippen molar-refractivity contribution in [3.8, 4) is 17.2 Å². The van der Waals surface area contributed by atoms with Gasteiger partial charge in [-0.2, -0.15) is 0 Å². The molecule has 2 aromatic carbocycles. The lowest BCUT2D eigenvalue weighted by Crippen LogP contribution is -2.71. The van der Waals surface area contributed by atoms with Gasteiger partial charge in [-0.3, -0.25) is 19.3 Å². The molecule has 0 radical (unpaired) electrons. The Morgan fingerprint density at radius 2 is 1.69 bits per heavy atom. The van der Waals surface area contributed by atoms with Gasteiger partial charge >= 0.3 is 0 Å². The number of carbonyl (C=O) groups is 3. The predicted octanol–water partition coefficient (Wildman–Crippen LogP) is -1.43. The maximum absolute atomic E-state index is 13.1. The second-order valence-electron chi connectivity index (χ2n) is 8.43. The Morgan fingerprint density at radius 1 is 1.06 bits per heavy atom. The number of phenols is 3. The van der Waals surface area contributed by atoms with Crippen LogP contribution in [0.4, 0.5) is 0 Å². The molecular weight excluding hydrogens is 424 g/mol. The minimum absolute atomic E-state index is 0.0668. The number of hydrogen-bond acceptors (Lipinski definition) is 10. The van der Waals surface area contributed by atoms with Gasteiger partial charge in [-0.15, -0.1) is 0 Å². The van der Waals surface area contributed by atoms with Crippen LogP contribution in [0, 0.1) is 11.8 Å². The number of nitrogens with zero attached hydrogens (tertiary/aromatic N) is 1. The van der Waals surface area contributed by atoms with Crippen molar-refractivity contribution in [3.05, 3.63) is 29.3 Å². The summed E-state index contributed by atoms with van der Waals surface area (Å²) in [5.41, 5.74) is 1.30. The van der Waals surface area contributed by atoms with Gasteiger partial charge in [0.05, 0.1) is 23.4 Å². The van der Waals surface area contributed by atoms with Crippen molar-refractivity contribution < 1.29 is 45.0 Å². The summed E-state index contributed by atoms with van der Waals surface area (Å²) in [5, 5.41) is 65.3. The minimum Gasteiger partial charge on any atom is -0.507 e. The molecule has 0 bridgehead atoms. The van der Waals surface area contributed by atoms with E-state index >= 15 is 0 Å². The molecule has 6 atom stereocenters. The number of aliphatic hydroxyl groups is 3. The zero-order valence-electron chi connectivity index (χ0n) is 17.1. The maximum Gasteiger partial charge on any atom is 0.235 e. The highest BCUT2D eigenvalue weighted by molar-refractivity contribution is 6.24. The first-order chi connectivity index (χ1) is 14.9. The molecule has 4 rings (SSSR count). The third-order valence-corrected chi connectivity index (χ3v) is 6.58. The lowest BCUT2D eigenvalue weighted by Gasteiger charge is -2.53. The van der Waals surface area contributed by atoms with Crippen LogP contribution in [0.3, 0.4) is 0 Å². The van der Waals surface area contributed by atoms with Crippen molar-refractivity contribution >= 4 is 28.2 Å². The van der Waals surface area contributed by atoms with Crippen LogP contribution in [0.25, 0.3) is 10.8 Å². The monoisotopic (exact) mass is 446 g/mol. The Balaban J connectivity index is 2.11. The van der Waals surface area contributed by atoms with E-state index in [1.807, 2.05) is 0 Å². The standard InChI is InChI=1S/C21H22N2O9/c1-23(2)13-12-16(27)9-10(15(26)8-6(14(9)25)4-3-5-7(8)24)18(29)21(12,32)19(30)11(17(13)28)20(22)31/h3-5,11-13,16,18,24-27,29,32H,1-2H3,(H2,22,31)/t11?,12-,13+,16+,18?,21+/m1/s1. The maximum atomic E-state index is 13.1. The number of rotatable bonds is 2. The molecule has 2 unspecified atom stereocenters. The molecule has 1 fully saturated rings. The molecule has 2 aromatic rings. The van der Waals surface area contributed by atoms with Crippen LogP contribution in [0.15, 0.2) is 18.2 Å². The summed E-state index contributed by atoms with van der Waals surface area (Å²) in [6.45, 7) is 0. The summed E-state index contributed by atoms with van der Waals surface area (Å²) in [6, 6.07) is 2.47. The summed E-state index contributed by atoms with van der Waals surface area (Å²) in [7, 11) is 2.81. The smallest absolute Gasteiger partial charge is 0.235 e. The van der Waals surface area contributed by atoms with E-state index in [4.69, 9.17) is 5.73 Å². The fourth-order valence-corrected chi connectivity index (χ4v) is 5.19. The van der Waals surface area contributed by atoms with E-state index in [9.17, 15) is 45.0 Å². The number of nitrogens with two attached hydrogens (primary N) is 1. The third kappa shape index (κ3) is 2.47. The van der Waals surface area contributed by atoms with E-state index < -0.39 is 81.5 Å². The number of ketones is 2. The average Bonchev–Trinajstić information content (AvgIpc) is 2.70. The van der Waals surface area contributed by atoms with E-state index in [0.29, 0.717) is 0 Å². The largest absolute Gasteiger partial charge is 0.507 e. The lowest BCUT2D eigenvalue weighted by atomic mass is 9.56. The number of hydrogen-bond donors (Lipinski definition) is 7. The Kier molecular flexibility index (Phi) is 4.72. The number of primary amides is 1. The van der Waals surface area contributed by atoms with E-state index in [0.717, 1.165) is 0 Å². The Labute approximate surface area is 180 Å². The molecular formula is C21H22N2O9. The number of likely N-dealkylation sites (N-methyl/N-ethyl adjacent to an activating group) is 1. The van der Waals surface area contributed by atoms with E-state index in [-0.39, 0.29) is 10.8 Å². The van der Waals surface area contributed by atoms with Gasteiger partial charge in [-0.05, 0) is 20.2 Å². The molecule has 8 N–H and O–H groups in total. The topological polar surface area (TPSA) is 202 Å². The van der Waals surface area contributed by atoms with Gasteiger partial charge in [0.2, 0.25) is 5.91 Å². The molecule has 170 valence electrons. The molecule has 2 aliphatic rings. The fraction of sp³-hybridized carbons (Fsp3) is 0.381. The highest BCUT2D eigenvalue weighted by atomic mass is 16.4. The van der Waals surface area contributed by atoms with E-state index in [1.54, 1.807) is 0 Å². The highest BCUT2D eigenvalue weighted by Crippen LogP contribution is 2.59. The number of aromatic hydroxyl groups is 3. The van der Waals surface area contributed by atoms with Gasteiger partial charge in [-0.25, -0.2) is 0 Å². The van der Waals surface area contributed by atoms with Crippen LogP contribution >= 0.6 is 0 Å². The summed E-state index contributed by atoms with van der Waals surface area (Å²) < 4.78 is 0. The first kappa shape index (κ1) is 22.0. The molecule has 1 amide bonds. The predicted molar refractivity (Wildman–Crippen MR) is 107 cm³/mol. The molecule has 0 aliphatic heterocycles. The second-order valence-corrected chi connectivity index (χ2v) is 8.43. The molecule has 0 aromatic heterocycles. The van der Waals surface area contributed by atoms with Crippen molar-refractivity contribution in [1.29, 1.82) is 0 Å². The van der Waals surface area contributed by atoms with E-state index in [2.05, 4.69) is 0 Å². The van der Waals surface area contributed by atoms with Gasteiger partial charge in [0.15, 0.2) is 23.1 Å². The number of fused-ring (bicyclic) bond motifs is 3. The number of Topliss-reactive ketones (excluding diaryl/α,β-unsaturated/α-hetero) is 2. The van der Waals surface area contributed by atoms with Crippen molar-refractivity contribution in [2.24, 2.45) is 17.6 Å². The number of amides is 1. The summed E-state index contributed by atoms with van der Waals surface area (Å²) in [4.78, 5) is 39.3. The van der Waals surface area contributed by atoms with Gasteiger partial charge in [-0.1, -0.05) is 12.1 Å². The highest BCUT2D eigenvalue weighted by Gasteiger charge is 2.68. The number of benzene rings is 2. The van der Waals surface area contributed by atoms with Gasteiger partial charge in [0, 0.05) is 16.5 Å². The molecule has 0 saturated heterocycles. The summed E-state index contributed by atoms with van der Waals surface area (Å²) in [6.07, 6.45) is -4.20. The first-order valence-electron chi connectivity index (χ1n) is 9.68. The molecule has 0 heterocycles. The SMILES string of the molecule is CN(C)[C@@H]1C(=O)C(C(N)=O)C(=O)[C@@]2(O)C(O)c3c(c(O)c4cccc(O)c4c3O)[C@H](O)[C@@H]12. The lowest BCUT2D eigenvalue weighted by molar-refractivity contribution is -0.202. The molecule has 1 saturated carbocycles. The van der Waals surface area contributed by atoms with Crippen LogP contribution in [0.2, 0.25) is 0 Å². The van der Waals surface area contributed by atoms with Crippen molar-refractivity contribution in [1.82, 2.24) is 4.90 Å². The quantitative estimate of drug-likeness (QED) is 0.212. The van der Waals surface area contributed by atoms with Crippen LogP contribution in [0.5, 0.6) is 17.2 Å². The van der Waals surface area contributed by atoms with Crippen molar-refractivity contribution in [2.75, 3.05) is 14.1 Å². The Hall–Kier alpha value is -3.25. The molecule has 11 nitrogen and oxygen atoms in total. The second kappa shape index (κ2) is 6.87. The molecule has 11 heteroatoms. The van der Waals surface area contributed by atoms with Crippen LogP contribution < -0.4 is 5.73 Å². The summed E-state index contributed by atoms with van der Waals surface area (Å²) in [5.74, 6) is -9.43. The van der Waals surface area contributed by atoms with Crippen LogP contribution in [-0.2, 0) is 14.4 Å². The fourth-order valence-electron chi connectivity index (χ4n) is 5.19. The zero-order chi connectivity index (χ0) is 23.9. The number of carbonyl (C=O) groups excluding carboxylic acids is 3. The summed E-state index contributed by atoms with van der Waals surface area (Å²) >= 11 is 0. The van der Waals surface area contributed by atoms with Crippen LogP contribution in [0.1, 0.15) is 23.3 Å². The van der Waals surface area contributed by atoms with Gasteiger partial charge < -0.3 is 36.4 Å². The minimum atomic E-state index is -2.92. The molecule has 2 aliphatic carbocycles. The number of phenolic OH excluding ortho intramolecular Hbond substituents is 3. The molecule has 32 heavy (non-hydrogen) atoms. The van der Waals surface area contributed by atoms with Gasteiger partial charge in [0.1, 0.15) is 23.4 Å². The Morgan fingerprint density at radius 3 is 2.25 bits per heavy atom. The van der Waals surface area contributed by atoms with Crippen molar-refractivity contribution in [2.45, 2.75) is 23.9 Å². The number of aliphatic hydroxyl groups excluding tert-OH is 2. The van der Waals surface area contributed by atoms with Gasteiger partial charge in [0.25, 0.3) is 0 Å². The first-order valence-corrected chi connectivity index (χ1v) is 9.68. The third-order valence-electron chi connectivity index (χ3n) is 6.58. The van der Waals surface area contributed by atoms with Crippen molar-refractivity contribution in [3.63, 3.8) is 0 Å². The zero-order valence-corrected chi connectivity index (χ0v) is 17.1. The van der Waals surface area contributed by atoms with E-state index in [1.165, 1.54) is 37.2 Å². The Bertz CT molecular complexity index is 1190. The average molecular weight is 446 g/mol.